The number of carbonyl (C=O) groups excluding carboxylic acids is 1. The zero-order valence-electron chi connectivity index (χ0n) is 11.6. The molecule has 1 aliphatic rings. The first-order chi connectivity index (χ1) is 9.40. The Morgan fingerprint density at radius 1 is 1.20 bits per heavy atom. The van der Waals surface area contributed by atoms with Crippen molar-refractivity contribution in [3.8, 4) is 0 Å². The molecule has 0 aliphatic carbocycles. The van der Waals surface area contributed by atoms with Gasteiger partial charge in [-0.15, -0.1) is 0 Å². The van der Waals surface area contributed by atoms with Crippen molar-refractivity contribution < 1.29 is 19.1 Å². The van der Waals surface area contributed by atoms with E-state index < -0.39 is 5.97 Å². The highest BCUT2D eigenvalue weighted by Crippen LogP contribution is 2.21. The molecule has 1 aromatic rings. The van der Waals surface area contributed by atoms with Gasteiger partial charge < -0.3 is 10.0 Å². The topological polar surface area (TPSA) is 57.6 Å². The quantitative estimate of drug-likeness (QED) is 0.904. The van der Waals surface area contributed by atoms with E-state index >= 15 is 0 Å². The van der Waals surface area contributed by atoms with E-state index in [-0.39, 0.29) is 17.6 Å². The number of halogens is 1. The Morgan fingerprint density at radius 2 is 1.70 bits per heavy atom. The van der Waals surface area contributed by atoms with E-state index in [1.165, 1.54) is 0 Å². The zero-order valence-corrected chi connectivity index (χ0v) is 11.6. The van der Waals surface area contributed by atoms with Crippen LogP contribution < -0.4 is 0 Å². The number of likely N-dealkylation sites (tertiary alicyclic amines) is 1. The van der Waals surface area contributed by atoms with E-state index in [1.54, 1.807) is 30.9 Å². The summed E-state index contributed by atoms with van der Waals surface area (Å²) in [5.74, 6) is -1.60. The number of nitrogens with zero attached hydrogens (tertiary/aromatic N) is 1. The predicted octanol–water partition coefficient (Wildman–Crippen LogP) is 2.38. The van der Waals surface area contributed by atoms with E-state index in [1.807, 2.05) is 0 Å². The standard InChI is InChI=1S/C15H18FNO3/c1-9-7-12(8-10(2)13(9)16)14(18)17-5-3-11(4-6-17)15(19)20/h7-8,11H,3-6H2,1-2H3,(H,19,20). The summed E-state index contributed by atoms with van der Waals surface area (Å²) >= 11 is 0. The minimum Gasteiger partial charge on any atom is -0.481 e. The maximum Gasteiger partial charge on any atom is 0.306 e. The minimum atomic E-state index is -0.800. The molecule has 1 heterocycles. The summed E-state index contributed by atoms with van der Waals surface area (Å²) < 4.78 is 13.6. The first-order valence-electron chi connectivity index (χ1n) is 6.69. The largest absolute Gasteiger partial charge is 0.481 e. The Hall–Kier alpha value is -1.91. The van der Waals surface area contributed by atoms with Gasteiger partial charge >= 0.3 is 5.97 Å². The molecule has 108 valence electrons. The predicted molar refractivity (Wildman–Crippen MR) is 72.1 cm³/mol. The molecule has 0 aromatic heterocycles. The van der Waals surface area contributed by atoms with Crippen LogP contribution in [0.5, 0.6) is 0 Å². The summed E-state index contributed by atoms with van der Waals surface area (Å²) in [7, 11) is 0. The molecular formula is C15H18FNO3. The maximum atomic E-state index is 13.6. The van der Waals surface area contributed by atoms with Gasteiger partial charge in [-0.2, -0.15) is 0 Å². The molecule has 0 atom stereocenters. The Balaban J connectivity index is 2.11. The van der Waals surface area contributed by atoms with Gasteiger partial charge in [0.2, 0.25) is 0 Å². The lowest BCUT2D eigenvalue weighted by molar-refractivity contribution is -0.143. The summed E-state index contributed by atoms with van der Waals surface area (Å²) in [6, 6.07) is 3.10. The summed E-state index contributed by atoms with van der Waals surface area (Å²) in [6.45, 7) is 4.14. The van der Waals surface area contributed by atoms with Gasteiger partial charge in [0.1, 0.15) is 5.82 Å². The number of carboxylic acid groups (broad SMARTS) is 1. The van der Waals surface area contributed by atoms with Crippen molar-refractivity contribution in [2.45, 2.75) is 26.7 Å². The van der Waals surface area contributed by atoms with Gasteiger partial charge in [-0.3, -0.25) is 9.59 Å². The Morgan fingerprint density at radius 3 is 2.15 bits per heavy atom. The van der Waals surface area contributed by atoms with E-state index in [9.17, 15) is 14.0 Å². The molecule has 5 heteroatoms. The number of amides is 1. The second-order valence-corrected chi connectivity index (χ2v) is 5.33. The third-order valence-electron chi connectivity index (χ3n) is 3.81. The van der Waals surface area contributed by atoms with Gasteiger partial charge in [0.05, 0.1) is 5.92 Å². The highest BCUT2D eigenvalue weighted by molar-refractivity contribution is 5.94. The molecule has 1 aliphatic heterocycles. The lowest BCUT2D eigenvalue weighted by atomic mass is 9.96. The normalized spacial score (nSPS) is 16.2. The molecule has 0 unspecified atom stereocenters. The van der Waals surface area contributed by atoms with Crippen LogP contribution in [0, 0.1) is 25.6 Å². The highest BCUT2D eigenvalue weighted by Gasteiger charge is 2.27. The Bertz CT molecular complexity index is 525. The fraction of sp³-hybridized carbons (Fsp3) is 0.467. The molecule has 4 nitrogen and oxygen atoms in total. The van der Waals surface area contributed by atoms with E-state index in [2.05, 4.69) is 0 Å². The van der Waals surface area contributed by atoms with Crippen LogP contribution in [0.15, 0.2) is 12.1 Å². The Labute approximate surface area is 117 Å². The van der Waals surface area contributed by atoms with E-state index in [0.717, 1.165) is 0 Å². The number of carbonyl (C=O) groups is 2. The third kappa shape index (κ3) is 2.81. The molecule has 1 fully saturated rings. The van der Waals surface area contributed by atoms with Gasteiger partial charge in [-0.05, 0) is 49.9 Å². The van der Waals surface area contributed by atoms with Crippen LogP contribution in [0.1, 0.15) is 34.3 Å². The van der Waals surface area contributed by atoms with Crippen molar-refractivity contribution in [3.63, 3.8) is 0 Å². The van der Waals surface area contributed by atoms with E-state index in [4.69, 9.17) is 5.11 Å². The van der Waals surface area contributed by atoms with Crippen LogP contribution in [-0.2, 0) is 4.79 Å². The molecular weight excluding hydrogens is 261 g/mol. The smallest absolute Gasteiger partial charge is 0.306 e. The molecule has 0 radical (unpaired) electrons. The number of carboxylic acids is 1. The van der Waals surface area contributed by atoms with Crippen LogP contribution in [0.2, 0.25) is 0 Å². The van der Waals surface area contributed by atoms with Gasteiger partial charge in [0.25, 0.3) is 5.91 Å². The minimum absolute atomic E-state index is 0.153. The molecule has 1 N–H and O–H groups in total. The average Bonchev–Trinajstić information content (AvgIpc) is 2.43. The highest BCUT2D eigenvalue weighted by atomic mass is 19.1. The van der Waals surface area contributed by atoms with Gasteiger partial charge in [-0.25, -0.2) is 4.39 Å². The Kier molecular flexibility index (Phi) is 4.06. The van der Waals surface area contributed by atoms with Gasteiger partial charge in [0, 0.05) is 18.7 Å². The molecule has 2 rings (SSSR count). The van der Waals surface area contributed by atoms with Crippen molar-refractivity contribution in [2.24, 2.45) is 5.92 Å². The van der Waals surface area contributed by atoms with Crippen molar-refractivity contribution in [3.05, 3.63) is 34.6 Å². The number of aliphatic carboxylic acids is 1. The molecule has 1 saturated heterocycles. The van der Waals surface area contributed by atoms with Crippen LogP contribution >= 0.6 is 0 Å². The summed E-state index contributed by atoms with van der Waals surface area (Å²) in [5.41, 5.74) is 1.37. The third-order valence-corrected chi connectivity index (χ3v) is 3.81. The van der Waals surface area contributed by atoms with Crippen LogP contribution in [0.3, 0.4) is 0 Å². The van der Waals surface area contributed by atoms with Crippen molar-refractivity contribution >= 4 is 11.9 Å². The van der Waals surface area contributed by atoms with Crippen molar-refractivity contribution in [1.82, 2.24) is 4.90 Å². The second-order valence-electron chi connectivity index (χ2n) is 5.33. The monoisotopic (exact) mass is 279 g/mol. The summed E-state index contributed by atoms with van der Waals surface area (Å²) in [6.07, 6.45) is 0.945. The van der Waals surface area contributed by atoms with Crippen LogP contribution in [-0.4, -0.2) is 35.0 Å². The zero-order chi connectivity index (χ0) is 14.9. The lowest BCUT2D eigenvalue weighted by Crippen LogP contribution is -2.40. The lowest BCUT2D eigenvalue weighted by Gasteiger charge is -2.30. The molecule has 0 spiro atoms. The molecule has 20 heavy (non-hydrogen) atoms. The SMILES string of the molecule is Cc1cc(C(=O)N2CCC(C(=O)O)CC2)cc(C)c1F. The number of piperidine rings is 1. The second kappa shape index (κ2) is 5.61. The fourth-order valence-corrected chi connectivity index (χ4v) is 2.58. The summed E-state index contributed by atoms with van der Waals surface area (Å²) in [4.78, 5) is 24.9. The fourth-order valence-electron chi connectivity index (χ4n) is 2.58. The first-order valence-corrected chi connectivity index (χ1v) is 6.69. The maximum absolute atomic E-state index is 13.6. The summed E-state index contributed by atoms with van der Waals surface area (Å²) in [5, 5.41) is 8.94. The van der Waals surface area contributed by atoms with Crippen molar-refractivity contribution in [1.29, 1.82) is 0 Å². The van der Waals surface area contributed by atoms with Crippen LogP contribution in [0.25, 0.3) is 0 Å². The average molecular weight is 279 g/mol. The number of hydrogen-bond acceptors (Lipinski definition) is 2. The molecule has 0 bridgehead atoms. The van der Waals surface area contributed by atoms with Gasteiger partial charge in [0.15, 0.2) is 0 Å². The van der Waals surface area contributed by atoms with Crippen LogP contribution in [0.4, 0.5) is 4.39 Å². The number of hydrogen-bond donors (Lipinski definition) is 1. The van der Waals surface area contributed by atoms with Crippen molar-refractivity contribution in [2.75, 3.05) is 13.1 Å². The first kappa shape index (κ1) is 14.5. The molecule has 0 saturated carbocycles. The number of aryl methyl sites for hydroxylation is 2. The number of rotatable bonds is 2. The van der Waals surface area contributed by atoms with Gasteiger partial charge in [-0.1, -0.05) is 0 Å². The molecule has 1 amide bonds. The number of benzene rings is 1. The van der Waals surface area contributed by atoms with E-state index in [0.29, 0.717) is 42.6 Å². The molecule has 1 aromatic carbocycles.